The lowest BCUT2D eigenvalue weighted by Crippen LogP contribution is -2.30. The Morgan fingerprint density at radius 1 is 1.00 bits per heavy atom. The molecule has 0 saturated carbocycles. The SMILES string of the molecule is C=CC1CCN(S(=O)(=O)CCCC)C1.CC.CC.CC.CC.CCc1ccccc1.Cc1ccc(C#N)c(Cl)c1. The third kappa shape index (κ3) is 21.7. The molecule has 2 aromatic rings. The van der Waals surface area contributed by atoms with Crippen LogP contribution in [0.3, 0.4) is 0 Å². The van der Waals surface area contributed by atoms with Gasteiger partial charge in [0, 0.05) is 13.1 Å². The molecule has 4 nitrogen and oxygen atoms in total. The second kappa shape index (κ2) is 31.4. The molecule has 0 amide bonds. The quantitative estimate of drug-likeness (QED) is 0.312. The van der Waals surface area contributed by atoms with Crippen molar-refractivity contribution >= 4 is 21.6 Å². The van der Waals surface area contributed by atoms with Crippen molar-refractivity contribution in [2.24, 2.45) is 5.92 Å². The maximum Gasteiger partial charge on any atom is 0.214 e. The molecule has 1 saturated heterocycles. The van der Waals surface area contributed by atoms with E-state index in [1.165, 1.54) is 5.56 Å². The van der Waals surface area contributed by atoms with Crippen molar-refractivity contribution < 1.29 is 8.42 Å². The minimum Gasteiger partial charge on any atom is -0.212 e. The Bertz CT molecular complexity index is 971. The predicted molar refractivity (Wildman–Crippen MR) is 181 cm³/mol. The lowest BCUT2D eigenvalue weighted by atomic mass is 10.1. The first kappa shape index (κ1) is 44.9. The summed E-state index contributed by atoms with van der Waals surface area (Å²) in [5.74, 6) is 0.652. The summed E-state index contributed by atoms with van der Waals surface area (Å²) in [7, 11) is -2.98. The van der Waals surface area contributed by atoms with Gasteiger partial charge in [0.25, 0.3) is 0 Å². The van der Waals surface area contributed by atoms with Gasteiger partial charge < -0.3 is 0 Å². The molecule has 1 aliphatic heterocycles. The van der Waals surface area contributed by atoms with Crippen LogP contribution in [0.15, 0.2) is 61.2 Å². The molecule has 2 aromatic carbocycles. The third-order valence-corrected chi connectivity index (χ3v) is 7.40. The summed E-state index contributed by atoms with van der Waals surface area (Å²) in [5, 5.41) is 9.00. The van der Waals surface area contributed by atoms with Crippen molar-refractivity contribution in [3.05, 3.63) is 82.9 Å². The average molecular weight is 595 g/mol. The summed E-state index contributed by atoms with van der Waals surface area (Å²) in [6, 6.07) is 17.8. The minimum atomic E-state index is -2.98. The van der Waals surface area contributed by atoms with Gasteiger partial charge in [0.2, 0.25) is 10.0 Å². The van der Waals surface area contributed by atoms with Crippen LogP contribution in [-0.4, -0.2) is 31.6 Å². The van der Waals surface area contributed by atoms with E-state index in [-0.39, 0.29) is 0 Å². The monoisotopic (exact) mass is 594 g/mol. The normalized spacial score (nSPS) is 13.0. The van der Waals surface area contributed by atoms with Crippen LogP contribution in [0.5, 0.6) is 0 Å². The molecular weight excluding hydrogens is 536 g/mol. The van der Waals surface area contributed by atoms with Crippen molar-refractivity contribution in [3.63, 3.8) is 0 Å². The molecule has 0 radical (unpaired) electrons. The maximum atomic E-state index is 11.7. The van der Waals surface area contributed by atoms with Gasteiger partial charge in [-0.25, -0.2) is 12.7 Å². The lowest BCUT2D eigenvalue weighted by Gasteiger charge is -2.15. The number of sulfonamides is 1. The van der Waals surface area contributed by atoms with Gasteiger partial charge >= 0.3 is 0 Å². The largest absolute Gasteiger partial charge is 0.214 e. The van der Waals surface area contributed by atoms with Gasteiger partial charge in [-0.15, -0.1) is 6.58 Å². The zero-order valence-electron chi connectivity index (χ0n) is 27.4. The highest BCUT2D eigenvalue weighted by molar-refractivity contribution is 7.89. The first-order valence-electron chi connectivity index (χ1n) is 15.1. The van der Waals surface area contributed by atoms with E-state index >= 15 is 0 Å². The standard InChI is InChI=1S/C10H19NO2S.C8H6ClN.C8H10.4C2H6/c1-3-5-8-14(12,13)11-7-6-10(4-2)9-11;1-6-2-3-7(5-10)8(9)4-6;1-2-8-6-4-3-5-7-8;4*1-2/h4,10H,2-3,5-9H2,1H3;2-4H,1H3;3-7H,2H2,1H3;4*1-2H3. The predicted octanol–water partition coefficient (Wildman–Crippen LogP) is 10.5. The van der Waals surface area contributed by atoms with Crippen LogP contribution in [0.4, 0.5) is 0 Å². The molecule has 0 aliphatic carbocycles. The average Bonchev–Trinajstić information content (AvgIpc) is 3.52. The van der Waals surface area contributed by atoms with Crippen LogP contribution in [0.25, 0.3) is 0 Å². The molecule has 1 atom stereocenters. The van der Waals surface area contributed by atoms with E-state index in [2.05, 4.69) is 37.8 Å². The van der Waals surface area contributed by atoms with E-state index in [1.54, 1.807) is 16.4 Å². The van der Waals surface area contributed by atoms with Crippen molar-refractivity contribution in [1.29, 1.82) is 5.26 Å². The van der Waals surface area contributed by atoms with Gasteiger partial charge in [-0.05, 0) is 55.4 Å². The molecule has 1 unspecified atom stereocenters. The van der Waals surface area contributed by atoms with Crippen molar-refractivity contribution in [2.75, 3.05) is 18.8 Å². The summed E-state index contributed by atoms with van der Waals surface area (Å²) in [6.45, 7) is 27.1. The number of nitrogens with zero attached hydrogens (tertiary/aromatic N) is 2. The number of rotatable bonds is 6. The summed E-state index contributed by atoms with van der Waals surface area (Å²) < 4.78 is 25.1. The molecule has 1 fully saturated rings. The van der Waals surface area contributed by atoms with Gasteiger partial charge in [0.15, 0.2) is 0 Å². The Labute approximate surface area is 254 Å². The first-order chi connectivity index (χ1) is 19.3. The van der Waals surface area contributed by atoms with E-state index in [9.17, 15) is 8.42 Å². The number of hydrogen-bond donors (Lipinski definition) is 0. The fraction of sp³-hybridized carbons (Fsp3) is 0.559. The molecule has 3 rings (SSSR count). The summed E-state index contributed by atoms with van der Waals surface area (Å²) >= 11 is 5.71. The van der Waals surface area contributed by atoms with E-state index in [0.717, 1.165) is 31.2 Å². The fourth-order valence-electron chi connectivity index (χ4n) is 3.08. The topological polar surface area (TPSA) is 61.2 Å². The number of halogens is 1. The van der Waals surface area contributed by atoms with Crippen LogP contribution in [0.2, 0.25) is 5.02 Å². The zero-order valence-corrected chi connectivity index (χ0v) is 29.0. The van der Waals surface area contributed by atoms with Crippen molar-refractivity contribution in [3.8, 4) is 6.07 Å². The van der Waals surface area contributed by atoms with E-state index in [0.29, 0.717) is 35.3 Å². The molecule has 40 heavy (non-hydrogen) atoms. The zero-order chi connectivity index (χ0) is 32.0. The molecule has 0 aromatic heterocycles. The maximum absolute atomic E-state index is 11.7. The van der Waals surface area contributed by atoms with Gasteiger partial charge in [0.05, 0.1) is 16.3 Å². The van der Waals surface area contributed by atoms with Crippen LogP contribution in [-0.2, 0) is 16.4 Å². The Hall–Kier alpha value is -2.13. The smallest absolute Gasteiger partial charge is 0.212 e. The number of nitriles is 1. The summed E-state index contributed by atoms with van der Waals surface area (Å²) in [4.78, 5) is 0. The molecule has 0 bridgehead atoms. The Morgan fingerprint density at radius 3 is 1.93 bits per heavy atom. The van der Waals surface area contributed by atoms with E-state index in [4.69, 9.17) is 16.9 Å². The lowest BCUT2D eigenvalue weighted by molar-refractivity contribution is 0.468. The number of unbranched alkanes of at least 4 members (excludes halogenated alkanes) is 1. The van der Waals surface area contributed by atoms with Crippen LogP contribution in [0, 0.1) is 24.2 Å². The Morgan fingerprint density at radius 2 is 1.55 bits per heavy atom. The molecule has 1 heterocycles. The molecule has 0 spiro atoms. The van der Waals surface area contributed by atoms with E-state index in [1.807, 2.05) is 93.5 Å². The van der Waals surface area contributed by atoms with Gasteiger partial charge in [0.1, 0.15) is 6.07 Å². The number of benzene rings is 2. The first-order valence-corrected chi connectivity index (χ1v) is 17.1. The van der Waals surface area contributed by atoms with Gasteiger partial charge in [-0.3, -0.25) is 0 Å². The molecule has 6 heteroatoms. The molecule has 0 N–H and O–H groups in total. The second-order valence-electron chi connectivity index (χ2n) is 7.75. The van der Waals surface area contributed by atoms with E-state index < -0.39 is 10.0 Å². The number of hydrogen-bond acceptors (Lipinski definition) is 3. The molecule has 1 aliphatic rings. The Kier molecular flexibility index (Phi) is 35.2. The summed E-state index contributed by atoms with van der Waals surface area (Å²) in [5.41, 5.74) is 3.02. The fourth-order valence-corrected chi connectivity index (χ4v) is 5.07. The highest BCUT2D eigenvalue weighted by Crippen LogP contribution is 2.20. The van der Waals surface area contributed by atoms with Crippen LogP contribution >= 0.6 is 11.6 Å². The third-order valence-electron chi connectivity index (χ3n) is 5.17. The van der Waals surface area contributed by atoms with Crippen molar-refractivity contribution in [2.45, 2.75) is 102 Å². The molecule has 230 valence electrons. The number of aryl methyl sites for hydroxylation is 2. The van der Waals surface area contributed by atoms with Gasteiger partial charge in [-0.2, -0.15) is 5.26 Å². The Balaban J connectivity index is -0.000000221. The molecular formula is C34H59ClN2O2S. The van der Waals surface area contributed by atoms with Crippen LogP contribution < -0.4 is 0 Å². The highest BCUT2D eigenvalue weighted by Gasteiger charge is 2.29. The highest BCUT2D eigenvalue weighted by atomic mass is 35.5. The second-order valence-corrected chi connectivity index (χ2v) is 10.2. The van der Waals surface area contributed by atoms with Crippen molar-refractivity contribution in [1.82, 2.24) is 4.31 Å². The summed E-state index contributed by atoms with van der Waals surface area (Å²) in [6.07, 6.45) is 5.61. The minimum absolute atomic E-state index is 0.299. The van der Waals surface area contributed by atoms with Crippen LogP contribution in [0.1, 0.15) is 105 Å². The van der Waals surface area contributed by atoms with Gasteiger partial charge in [-0.1, -0.05) is 130 Å².